The Morgan fingerprint density at radius 3 is 2.21 bits per heavy atom. The van der Waals surface area contributed by atoms with E-state index < -0.39 is 144 Å². The summed E-state index contributed by atoms with van der Waals surface area (Å²) in [5.41, 5.74) is -6.96. The van der Waals surface area contributed by atoms with E-state index in [9.17, 15) is 55.2 Å². The van der Waals surface area contributed by atoms with Crippen molar-refractivity contribution < 1.29 is 83.7 Å². The monoisotopic (exact) mass is 877 g/mol. The second-order valence-corrected chi connectivity index (χ2v) is 19.5. The molecule has 5 aliphatic rings. The first kappa shape index (κ1) is 47.9. The number of amides is 1. The number of carbonyl (C=O) groups excluding carboxylic acids is 4. The Kier molecular flexibility index (Phi) is 13.2. The molecule has 0 aromatic heterocycles. The smallest absolute Gasteiger partial charge is 0.408 e. The van der Waals surface area contributed by atoms with Gasteiger partial charge in [0.2, 0.25) is 0 Å². The van der Waals surface area contributed by atoms with Crippen LogP contribution >= 0.6 is 0 Å². The third-order valence-corrected chi connectivity index (χ3v) is 14.6. The molecule has 16 atom stereocenters. The fourth-order valence-corrected chi connectivity index (χ4v) is 11.1. The van der Waals surface area contributed by atoms with Gasteiger partial charge in [-0.15, -0.1) is 0 Å². The van der Waals surface area contributed by atoms with Gasteiger partial charge in [0.25, 0.3) is 0 Å². The number of ketones is 1. The van der Waals surface area contributed by atoms with E-state index in [1.54, 1.807) is 78.8 Å². The minimum atomic E-state index is -1.99. The molecule has 18 nitrogen and oxygen atoms in total. The fraction of sp³-hybridized carbons (Fsp3) is 0.727. The predicted octanol–water partition coefficient (Wildman–Crippen LogP) is 0.478. The number of hydrogen-bond acceptors (Lipinski definition) is 17. The Hall–Kier alpha value is -3.56. The molecule has 0 spiro atoms. The van der Waals surface area contributed by atoms with E-state index >= 15 is 4.79 Å². The van der Waals surface area contributed by atoms with Gasteiger partial charge in [-0.2, -0.15) is 0 Å². The number of aliphatic hydroxyl groups excluding tert-OH is 6. The molecule has 1 aromatic carbocycles. The second-order valence-electron chi connectivity index (χ2n) is 19.5. The van der Waals surface area contributed by atoms with Crippen molar-refractivity contribution in [3.8, 4) is 0 Å². The number of benzene rings is 1. The van der Waals surface area contributed by atoms with Crippen molar-refractivity contribution in [3.63, 3.8) is 0 Å². The van der Waals surface area contributed by atoms with Gasteiger partial charge in [-0.3, -0.25) is 4.79 Å². The Morgan fingerprint density at radius 2 is 1.63 bits per heavy atom. The zero-order chi connectivity index (χ0) is 46.1. The largest absolute Gasteiger partial charge is 0.460 e. The SMILES string of the molecule is CC1=C2C(O)C(=O)[C@]3(C)C(OC(=O)COC4OC(CO)C(O)C(O)C4O)C[C@H]4CCC4(O)C3[C@H](C)C(O)(CC1OC(=O)C(O)C(NC(=O)OC(C)(C)C)c1ccccc1)C2(C)C. The summed E-state index contributed by atoms with van der Waals surface area (Å²) in [6.07, 6.45) is -15.2. The second kappa shape index (κ2) is 17.1. The van der Waals surface area contributed by atoms with Gasteiger partial charge in [0, 0.05) is 17.8 Å². The molecule has 0 radical (unpaired) electrons. The van der Waals surface area contributed by atoms with Crippen molar-refractivity contribution in [2.75, 3.05) is 13.2 Å². The lowest BCUT2D eigenvalue weighted by Gasteiger charge is -2.68. The molecule has 6 rings (SSSR count). The highest BCUT2D eigenvalue weighted by molar-refractivity contribution is 5.93. The molecule has 62 heavy (non-hydrogen) atoms. The summed E-state index contributed by atoms with van der Waals surface area (Å²) in [6, 6.07) is 6.88. The summed E-state index contributed by atoms with van der Waals surface area (Å²) in [6.45, 7) is 11.4. The molecule has 1 aliphatic heterocycles. The third-order valence-electron chi connectivity index (χ3n) is 14.6. The quantitative estimate of drug-likeness (QED) is 0.0878. The van der Waals surface area contributed by atoms with Crippen molar-refractivity contribution in [1.29, 1.82) is 0 Å². The number of nitrogens with one attached hydrogen (secondary N) is 1. The lowest BCUT2D eigenvalue weighted by Crippen LogP contribution is -2.75. The van der Waals surface area contributed by atoms with Crippen molar-refractivity contribution in [3.05, 3.63) is 47.0 Å². The van der Waals surface area contributed by atoms with Gasteiger partial charge < -0.3 is 69.9 Å². The molecular weight excluding hydrogens is 814 g/mol. The Bertz CT molecular complexity index is 1900. The van der Waals surface area contributed by atoms with Gasteiger partial charge in [0.1, 0.15) is 54.9 Å². The zero-order valence-corrected chi connectivity index (χ0v) is 36.4. The van der Waals surface area contributed by atoms with Crippen molar-refractivity contribution in [1.82, 2.24) is 5.32 Å². The first-order valence-corrected chi connectivity index (χ1v) is 21.2. The van der Waals surface area contributed by atoms with Crippen LogP contribution in [0, 0.1) is 28.6 Å². The van der Waals surface area contributed by atoms with Crippen LogP contribution < -0.4 is 5.32 Å². The molecule has 9 N–H and O–H groups in total. The maximum Gasteiger partial charge on any atom is 0.408 e. The lowest BCUT2D eigenvalue weighted by atomic mass is 9.39. The van der Waals surface area contributed by atoms with Gasteiger partial charge in [-0.05, 0) is 82.4 Å². The van der Waals surface area contributed by atoms with Crippen LogP contribution in [0.25, 0.3) is 0 Å². The number of hydrogen-bond donors (Lipinski definition) is 9. The van der Waals surface area contributed by atoms with Crippen molar-refractivity contribution in [2.24, 2.45) is 28.6 Å². The zero-order valence-electron chi connectivity index (χ0n) is 36.4. The van der Waals surface area contributed by atoms with E-state index in [4.69, 9.17) is 23.7 Å². The first-order chi connectivity index (χ1) is 28.7. The van der Waals surface area contributed by atoms with Gasteiger partial charge in [0.15, 0.2) is 18.2 Å². The molecule has 3 saturated carbocycles. The normalized spacial score (nSPS) is 40.0. The number of alkyl carbamates (subject to hydrolysis) is 1. The van der Waals surface area contributed by atoms with E-state index in [2.05, 4.69) is 5.32 Å². The van der Waals surface area contributed by atoms with Crippen LogP contribution in [0.1, 0.15) is 92.7 Å². The van der Waals surface area contributed by atoms with Crippen LogP contribution in [-0.4, -0.2) is 150 Å². The highest BCUT2D eigenvalue weighted by Crippen LogP contribution is 2.67. The van der Waals surface area contributed by atoms with Crippen LogP contribution in [0.3, 0.4) is 0 Å². The molecule has 4 aliphatic carbocycles. The van der Waals surface area contributed by atoms with E-state index in [-0.39, 0.29) is 30.4 Å². The van der Waals surface area contributed by atoms with Crippen molar-refractivity contribution in [2.45, 2.75) is 159 Å². The molecule has 18 heteroatoms. The van der Waals surface area contributed by atoms with Crippen LogP contribution in [0.5, 0.6) is 0 Å². The summed E-state index contributed by atoms with van der Waals surface area (Å²) in [7, 11) is 0. The summed E-state index contributed by atoms with van der Waals surface area (Å²) in [4.78, 5) is 55.5. The third kappa shape index (κ3) is 8.09. The average Bonchev–Trinajstić information content (AvgIpc) is 3.19. The number of carbonyl (C=O) groups is 4. The average molecular weight is 878 g/mol. The van der Waals surface area contributed by atoms with Crippen molar-refractivity contribution >= 4 is 23.8 Å². The number of aliphatic hydroxyl groups is 8. The number of rotatable bonds is 10. The van der Waals surface area contributed by atoms with Gasteiger partial charge in [-0.25, -0.2) is 14.4 Å². The molecule has 4 fully saturated rings. The number of ether oxygens (including phenoxy) is 5. The summed E-state index contributed by atoms with van der Waals surface area (Å²) in [5.74, 6) is -5.66. The number of fused-ring (bicyclic) bond motifs is 5. The van der Waals surface area contributed by atoms with Crippen LogP contribution in [-0.2, 0) is 38.1 Å². The Labute approximate surface area is 360 Å². The van der Waals surface area contributed by atoms with Gasteiger partial charge in [0.05, 0.1) is 29.3 Å². The lowest BCUT2D eigenvalue weighted by molar-refractivity contribution is -0.302. The Morgan fingerprint density at radius 1 is 0.984 bits per heavy atom. The maximum absolute atomic E-state index is 15.1. The predicted molar refractivity (Wildman–Crippen MR) is 214 cm³/mol. The molecule has 1 heterocycles. The number of Topliss-reactive ketones (excluding diaryl/α,β-unsaturated/α-hetero) is 1. The summed E-state index contributed by atoms with van der Waals surface area (Å²) in [5, 5.41) is 92.2. The summed E-state index contributed by atoms with van der Waals surface area (Å²) < 4.78 is 28.1. The minimum absolute atomic E-state index is 0.0123. The molecular formula is C44H63NO17. The molecule has 1 amide bonds. The van der Waals surface area contributed by atoms with Crippen LogP contribution in [0.4, 0.5) is 4.79 Å². The molecule has 346 valence electrons. The van der Waals surface area contributed by atoms with E-state index in [0.29, 0.717) is 12.0 Å². The summed E-state index contributed by atoms with van der Waals surface area (Å²) >= 11 is 0. The molecule has 13 unspecified atom stereocenters. The molecule has 2 bridgehead atoms. The standard InChI is InChI=1S/C44H63NO17/c1-20-24(59-37(54)32(50)29(22-12-10-9-11-13-22)45-39(55)62-40(3,4)5)17-44(57)21(2)35-42(8,36(53)31(49)28(20)41(44,6)7)26(16-23-14-15-43(23,35)56)61-27(47)19-58-38-34(52)33(51)30(48)25(18-46)60-38/h9-13,21,23-26,29-35,38,46,48-52,56-57H,14-19H2,1-8H3,(H,45,55)/t21-,23+,24?,25?,26?,29?,30?,31?,32?,33?,34?,35?,38?,42+,43?,44?/m0/s1. The topological polar surface area (TPSA) is 288 Å². The van der Waals surface area contributed by atoms with Gasteiger partial charge >= 0.3 is 18.0 Å². The molecule has 1 aromatic rings. The Balaban J connectivity index is 1.31. The highest BCUT2D eigenvalue weighted by Gasteiger charge is 2.74. The van der Waals surface area contributed by atoms with Gasteiger partial charge in [-0.1, -0.05) is 51.1 Å². The minimum Gasteiger partial charge on any atom is -0.460 e. The maximum atomic E-state index is 15.1. The number of esters is 2. The first-order valence-electron chi connectivity index (χ1n) is 21.2. The van der Waals surface area contributed by atoms with E-state index in [1.807, 2.05) is 0 Å². The highest BCUT2D eigenvalue weighted by atomic mass is 16.7. The van der Waals surface area contributed by atoms with Crippen LogP contribution in [0.15, 0.2) is 41.5 Å². The van der Waals surface area contributed by atoms with E-state index in [0.717, 1.165) is 0 Å². The van der Waals surface area contributed by atoms with E-state index in [1.165, 1.54) is 6.92 Å². The molecule has 1 saturated heterocycles. The van der Waals surface area contributed by atoms with Crippen LogP contribution in [0.2, 0.25) is 0 Å². The fourth-order valence-electron chi connectivity index (χ4n) is 11.1.